The predicted molar refractivity (Wildman–Crippen MR) is 104 cm³/mol. The van der Waals surface area contributed by atoms with Crippen LogP contribution >= 0.6 is 0 Å². The molecule has 2 aromatic carbocycles. The molecule has 2 N–H and O–H groups in total. The van der Waals surface area contributed by atoms with E-state index < -0.39 is 10.0 Å². The minimum Gasteiger partial charge on any atom is -0.459 e. The van der Waals surface area contributed by atoms with Gasteiger partial charge in [0, 0.05) is 18.4 Å². The highest BCUT2D eigenvalue weighted by Gasteiger charge is 2.15. The maximum Gasteiger partial charge on any atom is 0.240 e. The number of amides is 1. The molecule has 27 heavy (non-hydrogen) atoms. The molecule has 1 amide bonds. The van der Waals surface area contributed by atoms with Crippen molar-refractivity contribution >= 4 is 26.9 Å². The van der Waals surface area contributed by atoms with E-state index in [0.717, 1.165) is 22.1 Å². The lowest BCUT2D eigenvalue weighted by Crippen LogP contribution is -2.30. The number of benzene rings is 2. The number of sulfonamides is 1. The fraction of sp³-hybridized carbons (Fsp3) is 0.250. The Morgan fingerprint density at radius 2 is 1.81 bits per heavy atom. The molecule has 0 spiro atoms. The number of rotatable bonds is 7. The molecule has 0 saturated carbocycles. The first-order valence-corrected chi connectivity index (χ1v) is 10.1. The Morgan fingerprint density at radius 1 is 1.04 bits per heavy atom. The fourth-order valence-electron chi connectivity index (χ4n) is 2.66. The van der Waals surface area contributed by atoms with Gasteiger partial charge in [-0.1, -0.05) is 24.3 Å². The molecule has 0 aliphatic carbocycles. The minimum absolute atomic E-state index is 0.0290. The molecule has 3 aromatic rings. The van der Waals surface area contributed by atoms with Gasteiger partial charge < -0.3 is 9.73 Å². The quantitative estimate of drug-likeness (QED) is 0.653. The lowest BCUT2D eigenvalue weighted by molar-refractivity contribution is -0.121. The maximum atomic E-state index is 12.3. The molecule has 7 heteroatoms. The SMILES string of the molecule is Cc1ccc(S(=O)(=O)NCCC(=O)NCc2cc3ccccc3o2)cc1C. The van der Waals surface area contributed by atoms with Gasteiger partial charge in [0.2, 0.25) is 15.9 Å². The topological polar surface area (TPSA) is 88.4 Å². The lowest BCUT2D eigenvalue weighted by Gasteiger charge is -2.09. The molecule has 3 rings (SSSR count). The Kier molecular flexibility index (Phi) is 5.62. The molecular weight excluding hydrogens is 364 g/mol. The Hall–Kier alpha value is -2.64. The van der Waals surface area contributed by atoms with Gasteiger partial charge in [0.1, 0.15) is 11.3 Å². The second-order valence-electron chi connectivity index (χ2n) is 6.42. The van der Waals surface area contributed by atoms with Crippen LogP contribution in [0.25, 0.3) is 11.0 Å². The summed E-state index contributed by atoms with van der Waals surface area (Å²) in [5.74, 6) is 0.401. The van der Waals surface area contributed by atoms with Crippen molar-refractivity contribution in [2.45, 2.75) is 31.7 Å². The molecule has 0 aliphatic rings. The highest BCUT2D eigenvalue weighted by molar-refractivity contribution is 7.89. The molecule has 0 atom stereocenters. The summed E-state index contributed by atoms with van der Waals surface area (Å²) in [6, 6.07) is 14.4. The average molecular weight is 386 g/mol. The Bertz CT molecular complexity index is 1040. The van der Waals surface area contributed by atoms with Crippen LogP contribution in [-0.4, -0.2) is 20.9 Å². The summed E-state index contributed by atoms with van der Waals surface area (Å²) < 4.78 is 32.7. The monoisotopic (exact) mass is 386 g/mol. The number of carbonyl (C=O) groups excluding carboxylic acids is 1. The molecule has 142 valence electrons. The van der Waals surface area contributed by atoms with E-state index in [1.807, 2.05) is 44.2 Å². The fourth-order valence-corrected chi connectivity index (χ4v) is 3.78. The van der Waals surface area contributed by atoms with Gasteiger partial charge >= 0.3 is 0 Å². The van der Waals surface area contributed by atoms with E-state index >= 15 is 0 Å². The summed E-state index contributed by atoms with van der Waals surface area (Å²) in [4.78, 5) is 12.2. The summed E-state index contributed by atoms with van der Waals surface area (Å²) in [5.41, 5.74) is 2.70. The van der Waals surface area contributed by atoms with Crippen LogP contribution in [-0.2, 0) is 21.4 Å². The number of furan rings is 1. The summed E-state index contributed by atoms with van der Waals surface area (Å²) in [6.07, 6.45) is 0.0459. The van der Waals surface area contributed by atoms with Gasteiger partial charge in [-0.05, 0) is 49.2 Å². The van der Waals surface area contributed by atoms with Gasteiger partial charge in [-0.25, -0.2) is 13.1 Å². The Balaban J connectivity index is 1.49. The summed E-state index contributed by atoms with van der Waals surface area (Å²) >= 11 is 0. The van der Waals surface area contributed by atoms with E-state index in [1.54, 1.807) is 18.2 Å². The van der Waals surface area contributed by atoms with Crippen molar-refractivity contribution in [1.29, 1.82) is 0 Å². The number of hydrogen-bond acceptors (Lipinski definition) is 4. The van der Waals surface area contributed by atoms with E-state index in [2.05, 4.69) is 10.0 Å². The summed E-state index contributed by atoms with van der Waals surface area (Å²) in [7, 11) is -3.63. The van der Waals surface area contributed by atoms with Gasteiger partial charge in [0.25, 0.3) is 0 Å². The van der Waals surface area contributed by atoms with Crippen molar-refractivity contribution in [2.75, 3.05) is 6.54 Å². The standard InChI is InChI=1S/C20H22N2O4S/c1-14-7-8-18(11-15(14)2)27(24,25)22-10-9-20(23)21-13-17-12-16-5-3-4-6-19(16)26-17/h3-8,11-12,22H,9-10,13H2,1-2H3,(H,21,23). The molecule has 1 heterocycles. The zero-order valence-corrected chi connectivity index (χ0v) is 16.1. The maximum absolute atomic E-state index is 12.3. The number of carbonyl (C=O) groups is 1. The van der Waals surface area contributed by atoms with Crippen molar-refractivity contribution in [3.8, 4) is 0 Å². The number of hydrogen-bond donors (Lipinski definition) is 2. The van der Waals surface area contributed by atoms with Crippen molar-refractivity contribution in [3.63, 3.8) is 0 Å². The normalized spacial score (nSPS) is 11.6. The van der Waals surface area contributed by atoms with Gasteiger partial charge in [-0.2, -0.15) is 0 Å². The van der Waals surface area contributed by atoms with E-state index in [0.29, 0.717) is 5.76 Å². The molecule has 0 bridgehead atoms. The van der Waals surface area contributed by atoms with Crippen LogP contribution in [0.5, 0.6) is 0 Å². The van der Waals surface area contributed by atoms with Crippen molar-refractivity contribution in [1.82, 2.24) is 10.0 Å². The Labute approximate surface area is 158 Å². The van der Waals surface area contributed by atoms with Crippen LogP contribution in [0.1, 0.15) is 23.3 Å². The predicted octanol–water partition coefficient (Wildman–Crippen LogP) is 3.03. The number of aryl methyl sites for hydroxylation is 2. The van der Waals surface area contributed by atoms with Crippen LogP contribution in [0.2, 0.25) is 0 Å². The van der Waals surface area contributed by atoms with Gasteiger partial charge in [0.05, 0.1) is 11.4 Å². The molecule has 0 radical (unpaired) electrons. The Morgan fingerprint density at radius 3 is 2.56 bits per heavy atom. The first kappa shape index (κ1) is 19.1. The van der Waals surface area contributed by atoms with Crippen LogP contribution in [0.4, 0.5) is 0 Å². The zero-order valence-electron chi connectivity index (χ0n) is 15.3. The number of para-hydroxylation sites is 1. The van der Waals surface area contributed by atoms with Crippen molar-refractivity contribution in [3.05, 3.63) is 65.4 Å². The zero-order chi connectivity index (χ0) is 19.4. The van der Waals surface area contributed by atoms with Crippen LogP contribution in [0.3, 0.4) is 0 Å². The van der Waals surface area contributed by atoms with Gasteiger partial charge in [-0.15, -0.1) is 0 Å². The summed E-state index contributed by atoms with van der Waals surface area (Å²) in [6.45, 7) is 4.07. The van der Waals surface area contributed by atoms with E-state index in [-0.39, 0.29) is 30.3 Å². The molecule has 0 aliphatic heterocycles. The third-order valence-corrected chi connectivity index (χ3v) is 5.83. The number of fused-ring (bicyclic) bond motifs is 1. The second-order valence-corrected chi connectivity index (χ2v) is 8.19. The third kappa shape index (κ3) is 4.75. The largest absolute Gasteiger partial charge is 0.459 e. The highest BCUT2D eigenvalue weighted by atomic mass is 32.2. The van der Waals surface area contributed by atoms with Crippen LogP contribution < -0.4 is 10.0 Å². The molecule has 0 unspecified atom stereocenters. The molecule has 1 aromatic heterocycles. The molecular formula is C20H22N2O4S. The van der Waals surface area contributed by atoms with Crippen molar-refractivity contribution < 1.29 is 17.6 Å². The highest BCUT2D eigenvalue weighted by Crippen LogP contribution is 2.18. The van der Waals surface area contributed by atoms with E-state index in [1.165, 1.54) is 0 Å². The molecule has 0 fully saturated rings. The lowest BCUT2D eigenvalue weighted by atomic mass is 10.1. The minimum atomic E-state index is -3.63. The van der Waals surface area contributed by atoms with Gasteiger partial charge in [-0.3, -0.25) is 4.79 Å². The third-order valence-electron chi connectivity index (χ3n) is 4.37. The average Bonchev–Trinajstić information content (AvgIpc) is 3.05. The van der Waals surface area contributed by atoms with E-state index in [4.69, 9.17) is 4.42 Å². The molecule has 0 saturated heterocycles. The van der Waals surface area contributed by atoms with E-state index in [9.17, 15) is 13.2 Å². The van der Waals surface area contributed by atoms with Crippen LogP contribution in [0.15, 0.2) is 57.8 Å². The molecule has 6 nitrogen and oxygen atoms in total. The van der Waals surface area contributed by atoms with Crippen LogP contribution in [0, 0.1) is 13.8 Å². The first-order valence-electron chi connectivity index (χ1n) is 8.66. The second kappa shape index (κ2) is 7.94. The van der Waals surface area contributed by atoms with Gasteiger partial charge in [0.15, 0.2) is 0 Å². The summed E-state index contributed by atoms with van der Waals surface area (Å²) in [5, 5.41) is 3.71. The smallest absolute Gasteiger partial charge is 0.240 e. The first-order chi connectivity index (χ1) is 12.8. The van der Waals surface area contributed by atoms with Crippen molar-refractivity contribution in [2.24, 2.45) is 0 Å². The number of nitrogens with one attached hydrogen (secondary N) is 2.